The van der Waals surface area contributed by atoms with Gasteiger partial charge in [-0.3, -0.25) is 4.79 Å². The Kier molecular flexibility index (Phi) is 6.97. The zero-order valence-corrected chi connectivity index (χ0v) is 14.9. The first-order valence-electron chi connectivity index (χ1n) is 7.92. The second-order valence-electron chi connectivity index (χ2n) is 5.29. The number of hydrogen-bond acceptors (Lipinski definition) is 6. The molecule has 1 N–H and O–H groups in total. The fourth-order valence-corrected chi connectivity index (χ4v) is 2.13. The van der Waals surface area contributed by atoms with Crippen LogP contribution in [0.5, 0.6) is 11.5 Å². The van der Waals surface area contributed by atoms with Gasteiger partial charge in [0.25, 0.3) is 5.91 Å². The van der Waals surface area contributed by atoms with E-state index in [0.717, 1.165) is 5.56 Å². The topological polar surface area (TPSA) is 97.6 Å². The van der Waals surface area contributed by atoms with E-state index < -0.39 is 18.5 Å². The fourth-order valence-electron chi connectivity index (χ4n) is 2.13. The number of anilines is 1. The quantitative estimate of drug-likeness (QED) is 0.598. The Labute approximate surface area is 156 Å². The molecule has 2 rings (SSSR count). The van der Waals surface area contributed by atoms with Gasteiger partial charge in [0.1, 0.15) is 0 Å². The standard InChI is InChI=1S/C20H18N2O5/c1-25-17-9-8-16(11-18(17)26-2)22-19(23)13-27-20(24)10-7-14-3-5-15(12-21)6-4-14/h3-11H,13H2,1-2H3,(H,22,23)/b10-7+. The van der Waals surface area contributed by atoms with Crippen molar-refractivity contribution in [3.8, 4) is 17.6 Å². The van der Waals surface area contributed by atoms with Crippen LogP contribution in [0.15, 0.2) is 48.5 Å². The number of esters is 1. The molecule has 0 aromatic heterocycles. The molecule has 2 aromatic rings. The highest BCUT2D eigenvalue weighted by molar-refractivity contribution is 5.94. The summed E-state index contributed by atoms with van der Waals surface area (Å²) in [7, 11) is 3.01. The molecular formula is C20H18N2O5. The molecule has 0 heterocycles. The van der Waals surface area contributed by atoms with Gasteiger partial charge in [-0.15, -0.1) is 0 Å². The zero-order chi connectivity index (χ0) is 19.6. The summed E-state index contributed by atoms with van der Waals surface area (Å²) in [5.41, 5.74) is 1.75. The number of nitrogens with one attached hydrogen (secondary N) is 1. The van der Waals surface area contributed by atoms with Crippen LogP contribution < -0.4 is 14.8 Å². The number of carbonyl (C=O) groups excluding carboxylic acids is 2. The number of amides is 1. The van der Waals surface area contributed by atoms with Crippen molar-refractivity contribution < 1.29 is 23.8 Å². The molecular weight excluding hydrogens is 348 g/mol. The van der Waals surface area contributed by atoms with Crippen LogP contribution in [0.1, 0.15) is 11.1 Å². The number of nitrogens with zero attached hydrogens (tertiary/aromatic N) is 1. The van der Waals surface area contributed by atoms with Crippen molar-refractivity contribution in [3.05, 3.63) is 59.7 Å². The van der Waals surface area contributed by atoms with Crippen LogP contribution in [-0.2, 0) is 14.3 Å². The van der Waals surface area contributed by atoms with Crippen LogP contribution in [0.25, 0.3) is 6.08 Å². The average molecular weight is 366 g/mol. The van der Waals surface area contributed by atoms with Gasteiger partial charge >= 0.3 is 5.97 Å². The molecule has 0 aliphatic heterocycles. The van der Waals surface area contributed by atoms with E-state index in [-0.39, 0.29) is 0 Å². The van der Waals surface area contributed by atoms with Gasteiger partial charge in [-0.1, -0.05) is 12.1 Å². The van der Waals surface area contributed by atoms with Gasteiger partial charge in [0.05, 0.1) is 25.9 Å². The largest absolute Gasteiger partial charge is 0.493 e. The average Bonchev–Trinajstić information content (AvgIpc) is 2.70. The van der Waals surface area contributed by atoms with Crippen molar-refractivity contribution in [1.29, 1.82) is 5.26 Å². The first-order valence-corrected chi connectivity index (χ1v) is 7.92. The second kappa shape index (κ2) is 9.63. The maximum Gasteiger partial charge on any atom is 0.331 e. The van der Waals surface area contributed by atoms with E-state index in [2.05, 4.69) is 5.32 Å². The summed E-state index contributed by atoms with van der Waals surface area (Å²) in [6, 6.07) is 13.6. The van der Waals surface area contributed by atoms with Gasteiger partial charge < -0.3 is 19.5 Å². The first kappa shape index (κ1) is 19.5. The Morgan fingerprint density at radius 1 is 1.07 bits per heavy atom. The highest BCUT2D eigenvalue weighted by Gasteiger charge is 2.09. The van der Waals surface area contributed by atoms with Crippen LogP contribution in [0.3, 0.4) is 0 Å². The van der Waals surface area contributed by atoms with Gasteiger partial charge in [-0.2, -0.15) is 5.26 Å². The van der Waals surface area contributed by atoms with Gasteiger partial charge in [0.15, 0.2) is 18.1 Å². The van der Waals surface area contributed by atoms with Gasteiger partial charge in [0.2, 0.25) is 0 Å². The number of carbonyl (C=O) groups is 2. The number of hydrogen-bond donors (Lipinski definition) is 1. The summed E-state index contributed by atoms with van der Waals surface area (Å²) in [4.78, 5) is 23.6. The van der Waals surface area contributed by atoms with Crippen LogP contribution in [0.4, 0.5) is 5.69 Å². The van der Waals surface area contributed by atoms with Crippen molar-refractivity contribution >= 4 is 23.6 Å². The molecule has 0 fully saturated rings. The number of nitriles is 1. The predicted octanol–water partition coefficient (Wildman–Crippen LogP) is 2.77. The summed E-state index contributed by atoms with van der Waals surface area (Å²) in [6.45, 7) is -0.426. The van der Waals surface area contributed by atoms with E-state index in [9.17, 15) is 9.59 Å². The molecule has 7 nitrogen and oxygen atoms in total. The molecule has 2 aromatic carbocycles. The van der Waals surface area contributed by atoms with Crippen LogP contribution in [-0.4, -0.2) is 32.7 Å². The Morgan fingerprint density at radius 3 is 2.41 bits per heavy atom. The molecule has 0 aliphatic carbocycles. The highest BCUT2D eigenvalue weighted by Crippen LogP contribution is 2.29. The van der Waals surface area contributed by atoms with Crippen molar-refractivity contribution in [3.63, 3.8) is 0 Å². The minimum absolute atomic E-state index is 0.426. The fraction of sp³-hybridized carbons (Fsp3) is 0.150. The minimum atomic E-state index is -0.651. The first-order chi connectivity index (χ1) is 13.0. The Morgan fingerprint density at radius 2 is 1.78 bits per heavy atom. The molecule has 0 atom stereocenters. The van der Waals surface area contributed by atoms with Gasteiger partial charge in [0, 0.05) is 17.8 Å². The third kappa shape index (κ3) is 5.90. The van der Waals surface area contributed by atoms with Crippen LogP contribution in [0.2, 0.25) is 0 Å². The predicted molar refractivity (Wildman–Crippen MR) is 99.3 cm³/mol. The summed E-state index contributed by atoms with van der Waals surface area (Å²) in [5, 5.41) is 11.3. The van der Waals surface area contributed by atoms with Crippen molar-refractivity contribution in [2.45, 2.75) is 0 Å². The Hall–Kier alpha value is -3.79. The van der Waals surface area contributed by atoms with Crippen LogP contribution in [0, 0.1) is 11.3 Å². The molecule has 0 bridgehead atoms. The maximum atomic E-state index is 11.9. The summed E-state index contributed by atoms with van der Waals surface area (Å²) in [6.07, 6.45) is 2.75. The molecule has 0 saturated heterocycles. The third-order valence-corrected chi connectivity index (χ3v) is 3.46. The van der Waals surface area contributed by atoms with E-state index in [1.807, 2.05) is 6.07 Å². The Balaban J connectivity index is 1.84. The molecule has 0 saturated carbocycles. The molecule has 7 heteroatoms. The minimum Gasteiger partial charge on any atom is -0.493 e. The Bertz CT molecular complexity index is 882. The number of ether oxygens (including phenoxy) is 3. The molecule has 138 valence electrons. The van der Waals surface area contributed by atoms with E-state index in [1.165, 1.54) is 26.4 Å². The smallest absolute Gasteiger partial charge is 0.331 e. The van der Waals surface area contributed by atoms with E-state index in [1.54, 1.807) is 42.5 Å². The van der Waals surface area contributed by atoms with E-state index in [4.69, 9.17) is 19.5 Å². The number of methoxy groups -OCH3 is 2. The van der Waals surface area contributed by atoms with Gasteiger partial charge in [-0.05, 0) is 35.9 Å². The van der Waals surface area contributed by atoms with Crippen molar-refractivity contribution in [2.24, 2.45) is 0 Å². The number of rotatable bonds is 7. The zero-order valence-electron chi connectivity index (χ0n) is 14.9. The summed E-state index contributed by atoms with van der Waals surface area (Å²) < 4.78 is 15.2. The summed E-state index contributed by atoms with van der Waals surface area (Å²) >= 11 is 0. The lowest BCUT2D eigenvalue weighted by Gasteiger charge is -2.10. The van der Waals surface area contributed by atoms with E-state index in [0.29, 0.717) is 22.7 Å². The highest BCUT2D eigenvalue weighted by atomic mass is 16.5. The lowest BCUT2D eigenvalue weighted by atomic mass is 10.1. The van der Waals surface area contributed by atoms with Crippen LogP contribution >= 0.6 is 0 Å². The van der Waals surface area contributed by atoms with Crippen molar-refractivity contribution in [1.82, 2.24) is 0 Å². The number of benzene rings is 2. The molecule has 0 radical (unpaired) electrons. The van der Waals surface area contributed by atoms with Crippen molar-refractivity contribution in [2.75, 3.05) is 26.1 Å². The summed E-state index contributed by atoms with van der Waals surface area (Å²) in [5.74, 6) is -0.128. The molecule has 1 amide bonds. The normalized spacial score (nSPS) is 10.1. The van der Waals surface area contributed by atoms with E-state index >= 15 is 0 Å². The molecule has 27 heavy (non-hydrogen) atoms. The third-order valence-electron chi connectivity index (χ3n) is 3.46. The molecule has 0 aliphatic rings. The SMILES string of the molecule is COc1ccc(NC(=O)COC(=O)/C=C/c2ccc(C#N)cc2)cc1OC. The van der Waals surface area contributed by atoms with Gasteiger partial charge in [-0.25, -0.2) is 4.79 Å². The molecule has 0 spiro atoms. The maximum absolute atomic E-state index is 11.9. The molecule has 0 unspecified atom stereocenters. The lowest BCUT2D eigenvalue weighted by Crippen LogP contribution is -2.20. The lowest BCUT2D eigenvalue weighted by molar-refractivity contribution is -0.142. The second-order valence-corrected chi connectivity index (χ2v) is 5.29. The monoisotopic (exact) mass is 366 g/mol.